The summed E-state index contributed by atoms with van der Waals surface area (Å²) in [7, 11) is 0. The molecular weight excluding hydrogens is 390 g/mol. The Morgan fingerprint density at radius 3 is 2.73 bits per heavy atom. The molecule has 1 heterocycles. The third kappa shape index (κ3) is 6.67. The molecule has 166 valence electrons. The highest BCUT2D eigenvalue weighted by Gasteiger charge is 2.35. The van der Waals surface area contributed by atoms with Crippen molar-refractivity contribution in [3.8, 4) is 5.75 Å². The molecule has 0 radical (unpaired) electrons. The molecule has 1 aliphatic heterocycles. The zero-order chi connectivity index (χ0) is 21.6. The fourth-order valence-electron chi connectivity index (χ4n) is 4.69. The highest BCUT2D eigenvalue weighted by Crippen LogP contribution is 2.35. The van der Waals surface area contributed by atoms with Crippen molar-refractivity contribution < 1.29 is 23.1 Å². The van der Waals surface area contributed by atoms with Gasteiger partial charge in [-0.3, -0.25) is 9.59 Å². The molecule has 2 fully saturated rings. The van der Waals surface area contributed by atoms with Gasteiger partial charge in [0, 0.05) is 38.9 Å². The second-order valence-electron chi connectivity index (χ2n) is 8.53. The summed E-state index contributed by atoms with van der Waals surface area (Å²) in [5.41, 5.74) is 0.679. The lowest BCUT2D eigenvalue weighted by atomic mass is 9.78. The quantitative estimate of drug-likeness (QED) is 0.664. The minimum Gasteiger partial charge on any atom is -0.433 e. The number of fused-ring (bicyclic) bond motifs is 1. The van der Waals surface area contributed by atoms with E-state index >= 15 is 0 Å². The summed E-state index contributed by atoms with van der Waals surface area (Å²) < 4.78 is 30.5. The van der Waals surface area contributed by atoms with Crippen LogP contribution in [0.1, 0.15) is 70.3 Å². The lowest BCUT2D eigenvalue weighted by Crippen LogP contribution is -2.49. The Morgan fingerprint density at radius 2 is 1.93 bits per heavy atom. The minimum absolute atomic E-state index is 0.0578. The maximum Gasteiger partial charge on any atom is 0.394 e. The molecule has 2 aliphatic rings. The normalized spacial score (nSPS) is 21.6. The summed E-state index contributed by atoms with van der Waals surface area (Å²) in [4.78, 5) is 26.9. The third-order valence-electron chi connectivity index (χ3n) is 6.04. The largest absolute Gasteiger partial charge is 0.433 e. The monoisotopic (exact) mass is 422 g/mol. The van der Waals surface area contributed by atoms with Crippen molar-refractivity contribution in [2.45, 2.75) is 83.4 Å². The van der Waals surface area contributed by atoms with Gasteiger partial charge in [-0.15, -0.1) is 0 Å². The van der Waals surface area contributed by atoms with Gasteiger partial charge in [-0.1, -0.05) is 25.0 Å². The Hall–Kier alpha value is -2.18. The maximum absolute atomic E-state index is 13.0. The highest BCUT2D eigenvalue weighted by atomic mass is 19.3. The van der Waals surface area contributed by atoms with Gasteiger partial charge in [0.2, 0.25) is 11.8 Å². The van der Waals surface area contributed by atoms with E-state index in [-0.39, 0.29) is 30.5 Å². The van der Waals surface area contributed by atoms with Crippen LogP contribution in [0.4, 0.5) is 8.78 Å². The lowest BCUT2D eigenvalue weighted by Gasteiger charge is -2.44. The fourth-order valence-corrected chi connectivity index (χ4v) is 4.69. The molecule has 2 atom stereocenters. The number of alkyl halides is 2. The minimum atomic E-state index is -3.25. The van der Waals surface area contributed by atoms with E-state index in [1.807, 2.05) is 0 Å². The summed E-state index contributed by atoms with van der Waals surface area (Å²) in [5.74, 6) is 0.739. The molecule has 1 aliphatic carbocycles. The first kappa shape index (κ1) is 22.5. The van der Waals surface area contributed by atoms with E-state index in [1.54, 1.807) is 12.1 Å². The first-order valence-electron chi connectivity index (χ1n) is 11.0. The van der Waals surface area contributed by atoms with Crippen LogP contribution >= 0.6 is 0 Å². The van der Waals surface area contributed by atoms with Crippen molar-refractivity contribution in [3.05, 3.63) is 29.8 Å². The molecule has 3 rings (SSSR count). The van der Waals surface area contributed by atoms with Gasteiger partial charge in [0.05, 0.1) is 0 Å². The van der Waals surface area contributed by atoms with Gasteiger partial charge < -0.3 is 15.0 Å². The molecule has 0 aromatic heterocycles. The van der Waals surface area contributed by atoms with Crippen molar-refractivity contribution >= 4 is 11.8 Å². The number of nitrogens with one attached hydrogen (secondary N) is 1. The topological polar surface area (TPSA) is 58.6 Å². The zero-order valence-electron chi connectivity index (χ0n) is 17.7. The Bertz CT molecular complexity index is 733. The number of benzene rings is 1. The number of hydrogen-bond donors (Lipinski definition) is 1. The molecule has 7 heteroatoms. The SMILES string of the molecule is CC(F)(F)Oc1cccc(CNC(=O)CCCC(=O)N2CCCC3CCCCC32)c1. The number of likely N-dealkylation sites (tertiary alicyclic amines) is 1. The van der Waals surface area contributed by atoms with Crippen LogP contribution in [0.25, 0.3) is 0 Å². The van der Waals surface area contributed by atoms with E-state index < -0.39 is 6.11 Å². The van der Waals surface area contributed by atoms with Crippen LogP contribution in [-0.2, 0) is 16.1 Å². The molecule has 2 amide bonds. The fraction of sp³-hybridized carbons (Fsp3) is 0.652. The standard InChI is InChI=1S/C23H32F2N2O3/c1-23(24,25)30-19-10-4-7-17(15-19)16-26-21(28)12-5-13-22(29)27-14-6-9-18-8-2-3-11-20(18)27/h4,7,10,15,18,20H,2-3,5-6,8-9,11-14,16H2,1H3,(H,26,28). The van der Waals surface area contributed by atoms with Crippen LogP contribution in [-0.4, -0.2) is 35.4 Å². The van der Waals surface area contributed by atoms with Crippen molar-refractivity contribution in [2.24, 2.45) is 5.92 Å². The molecular formula is C23H32F2N2O3. The molecule has 2 unspecified atom stereocenters. The number of ether oxygens (including phenoxy) is 1. The van der Waals surface area contributed by atoms with Crippen molar-refractivity contribution in [3.63, 3.8) is 0 Å². The highest BCUT2D eigenvalue weighted by molar-refractivity contribution is 5.79. The van der Waals surface area contributed by atoms with Crippen LogP contribution in [0.2, 0.25) is 0 Å². The van der Waals surface area contributed by atoms with E-state index in [0.717, 1.165) is 19.4 Å². The smallest absolute Gasteiger partial charge is 0.394 e. The Balaban J connectivity index is 1.39. The van der Waals surface area contributed by atoms with E-state index in [4.69, 9.17) is 0 Å². The molecule has 5 nitrogen and oxygen atoms in total. The Labute approximate surface area is 177 Å². The van der Waals surface area contributed by atoms with Crippen LogP contribution < -0.4 is 10.1 Å². The Kier molecular flexibility index (Phi) is 7.67. The number of nitrogens with zero attached hydrogens (tertiary/aromatic N) is 1. The van der Waals surface area contributed by atoms with Crippen LogP contribution in [0, 0.1) is 5.92 Å². The summed E-state index contributed by atoms with van der Waals surface area (Å²) in [6.45, 7) is 1.76. The number of carbonyl (C=O) groups excluding carboxylic acids is 2. The lowest BCUT2D eigenvalue weighted by molar-refractivity contribution is -0.159. The predicted octanol–water partition coefficient (Wildman–Crippen LogP) is 4.65. The molecule has 0 bridgehead atoms. The van der Waals surface area contributed by atoms with Gasteiger partial charge in [0.25, 0.3) is 0 Å². The van der Waals surface area contributed by atoms with E-state index in [2.05, 4.69) is 15.0 Å². The molecule has 1 aromatic carbocycles. The molecule has 1 aromatic rings. The zero-order valence-corrected chi connectivity index (χ0v) is 17.7. The van der Waals surface area contributed by atoms with E-state index in [0.29, 0.717) is 37.3 Å². The number of carbonyl (C=O) groups is 2. The molecule has 1 saturated heterocycles. The van der Waals surface area contributed by atoms with Gasteiger partial charge in [0.15, 0.2) is 0 Å². The molecule has 30 heavy (non-hydrogen) atoms. The summed E-state index contributed by atoms with van der Waals surface area (Å²) in [6, 6.07) is 6.68. The van der Waals surface area contributed by atoms with Crippen molar-refractivity contribution in [1.82, 2.24) is 10.2 Å². The van der Waals surface area contributed by atoms with E-state index in [9.17, 15) is 18.4 Å². The van der Waals surface area contributed by atoms with Gasteiger partial charge in [-0.25, -0.2) is 0 Å². The van der Waals surface area contributed by atoms with Crippen LogP contribution in [0.15, 0.2) is 24.3 Å². The predicted molar refractivity (Wildman–Crippen MR) is 110 cm³/mol. The number of amides is 2. The number of rotatable bonds is 8. The van der Waals surface area contributed by atoms with Crippen molar-refractivity contribution in [1.29, 1.82) is 0 Å². The van der Waals surface area contributed by atoms with Gasteiger partial charge in [-0.05, 0) is 55.7 Å². The van der Waals surface area contributed by atoms with Gasteiger partial charge in [0.1, 0.15) is 5.75 Å². The van der Waals surface area contributed by atoms with E-state index in [1.165, 1.54) is 37.8 Å². The summed E-state index contributed by atoms with van der Waals surface area (Å²) >= 11 is 0. The number of hydrogen-bond acceptors (Lipinski definition) is 3. The third-order valence-corrected chi connectivity index (χ3v) is 6.04. The average molecular weight is 423 g/mol. The summed E-state index contributed by atoms with van der Waals surface area (Å²) in [6.07, 6.45) is 5.09. The molecule has 0 spiro atoms. The maximum atomic E-state index is 13.0. The Morgan fingerprint density at radius 1 is 1.17 bits per heavy atom. The second-order valence-corrected chi connectivity index (χ2v) is 8.53. The van der Waals surface area contributed by atoms with Gasteiger partial charge >= 0.3 is 6.11 Å². The first-order chi connectivity index (χ1) is 14.3. The van der Waals surface area contributed by atoms with Gasteiger partial charge in [-0.2, -0.15) is 8.78 Å². The average Bonchev–Trinajstić information content (AvgIpc) is 2.71. The number of halogens is 2. The molecule has 1 saturated carbocycles. The molecule has 1 N–H and O–H groups in total. The number of piperidine rings is 1. The van der Waals surface area contributed by atoms with Crippen LogP contribution in [0.3, 0.4) is 0 Å². The first-order valence-corrected chi connectivity index (χ1v) is 11.0. The van der Waals surface area contributed by atoms with Crippen molar-refractivity contribution in [2.75, 3.05) is 6.54 Å². The second kappa shape index (κ2) is 10.2. The summed E-state index contributed by atoms with van der Waals surface area (Å²) in [5, 5.41) is 2.78. The van der Waals surface area contributed by atoms with Crippen LogP contribution in [0.5, 0.6) is 5.75 Å².